The summed E-state index contributed by atoms with van der Waals surface area (Å²) < 4.78 is 1.27. The molecular formula is C16H16ClN5O2S2. The second-order valence-electron chi connectivity index (χ2n) is 5.36. The first-order valence-corrected chi connectivity index (χ1v) is 10.4. The minimum absolute atomic E-state index is 0.0741. The van der Waals surface area contributed by atoms with E-state index in [1.165, 1.54) is 27.4 Å². The fourth-order valence-corrected chi connectivity index (χ4v) is 4.75. The molecule has 0 radical (unpaired) electrons. The van der Waals surface area contributed by atoms with Crippen molar-refractivity contribution in [2.45, 2.75) is 29.1 Å². The molecule has 0 N–H and O–H groups in total. The summed E-state index contributed by atoms with van der Waals surface area (Å²) in [5, 5.41) is 15.8. The highest BCUT2D eigenvalue weighted by molar-refractivity contribution is 8.00. The minimum atomic E-state index is -0.432. The lowest BCUT2D eigenvalue weighted by Crippen LogP contribution is -1.98. The summed E-state index contributed by atoms with van der Waals surface area (Å²) in [5.41, 5.74) is 2.50. The van der Waals surface area contributed by atoms with E-state index in [-0.39, 0.29) is 5.82 Å². The van der Waals surface area contributed by atoms with Crippen LogP contribution >= 0.6 is 35.1 Å². The number of pyridine rings is 1. The van der Waals surface area contributed by atoms with Crippen molar-refractivity contribution in [3.05, 3.63) is 52.0 Å². The number of nitro groups is 1. The van der Waals surface area contributed by atoms with Gasteiger partial charge in [0.1, 0.15) is 0 Å². The van der Waals surface area contributed by atoms with Gasteiger partial charge in [0.2, 0.25) is 5.65 Å². The van der Waals surface area contributed by atoms with Crippen molar-refractivity contribution in [2.75, 3.05) is 11.5 Å². The van der Waals surface area contributed by atoms with Gasteiger partial charge in [-0.05, 0) is 41.7 Å². The van der Waals surface area contributed by atoms with Crippen molar-refractivity contribution < 1.29 is 4.92 Å². The van der Waals surface area contributed by atoms with E-state index in [9.17, 15) is 10.1 Å². The Kier molecular flexibility index (Phi) is 6.33. The van der Waals surface area contributed by atoms with E-state index >= 15 is 0 Å². The van der Waals surface area contributed by atoms with Gasteiger partial charge in [0, 0.05) is 22.9 Å². The summed E-state index contributed by atoms with van der Waals surface area (Å²) in [7, 11) is 0. The molecule has 3 aromatic heterocycles. The average molecular weight is 410 g/mol. The maximum atomic E-state index is 11.3. The molecule has 26 heavy (non-hydrogen) atoms. The number of imidazole rings is 1. The Morgan fingerprint density at radius 1 is 1.27 bits per heavy atom. The number of nitrogens with zero attached hydrogens (tertiary/aromatic N) is 5. The molecule has 0 amide bonds. The van der Waals surface area contributed by atoms with Crippen molar-refractivity contribution in [3.63, 3.8) is 0 Å². The molecule has 0 aliphatic heterocycles. The van der Waals surface area contributed by atoms with Crippen LogP contribution in [0.15, 0.2) is 40.5 Å². The van der Waals surface area contributed by atoms with Crippen LogP contribution in [0.25, 0.3) is 5.65 Å². The molecule has 3 heterocycles. The zero-order valence-corrected chi connectivity index (χ0v) is 16.4. The Labute approximate surface area is 163 Å². The van der Waals surface area contributed by atoms with Crippen LogP contribution in [0.2, 0.25) is 0 Å². The number of thioether (sulfide) groups is 2. The summed E-state index contributed by atoms with van der Waals surface area (Å²) in [4.78, 5) is 20.7. The molecule has 0 saturated carbocycles. The van der Waals surface area contributed by atoms with E-state index in [0.717, 1.165) is 29.2 Å². The molecule has 0 aliphatic carbocycles. The van der Waals surface area contributed by atoms with E-state index in [2.05, 4.69) is 15.1 Å². The minimum Gasteiger partial charge on any atom is -0.358 e. The van der Waals surface area contributed by atoms with Crippen LogP contribution in [-0.4, -0.2) is 36.0 Å². The molecule has 0 aliphatic rings. The third-order valence-corrected chi connectivity index (χ3v) is 6.22. The third kappa shape index (κ3) is 4.11. The maximum Gasteiger partial charge on any atom is 0.382 e. The topological polar surface area (TPSA) is 86.2 Å². The van der Waals surface area contributed by atoms with Crippen LogP contribution in [0.3, 0.4) is 0 Å². The molecular weight excluding hydrogens is 394 g/mol. The van der Waals surface area contributed by atoms with Crippen molar-refractivity contribution in [1.29, 1.82) is 0 Å². The van der Waals surface area contributed by atoms with Gasteiger partial charge in [-0.2, -0.15) is 4.98 Å². The van der Waals surface area contributed by atoms with E-state index < -0.39 is 4.92 Å². The van der Waals surface area contributed by atoms with Crippen LogP contribution in [0.5, 0.6) is 0 Å². The smallest absolute Gasteiger partial charge is 0.358 e. The zero-order valence-electron chi connectivity index (χ0n) is 14.0. The Bertz CT molecular complexity index is 934. The SMILES string of the molecule is Cc1c(SCCCSc2nc3cccnn3c2[N+](=O)[O-])ccnc1CCl. The van der Waals surface area contributed by atoms with Crippen molar-refractivity contribution in [1.82, 2.24) is 19.6 Å². The summed E-state index contributed by atoms with van der Waals surface area (Å²) in [5.74, 6) is 1.97. The van der Waals surface area contributed by atoms with Crippen molar-refractivity contribution in [3.8, 4) is 0 Å². The molecule has 0 unspecified atom stereocenters. The summed E-state index contributed by atoms with van der Waals surface area (Å²) in [6.45, 7) is 2.02. The van der Waals surface area contributed by atoms with Crippen molar-refractivity contribution >= 4 is 46.6 Å². The molecule has 0 fully saturated rings. The molecule has 10 heteroatoms. The summed E-state index contributed by atoms with van der Waals surface area (Å²) >= 11 is 9.02. The lowest BCUT2D eigenvalue weighted by Gasteiger charge is -2.07. The number of aromatic nitrogens is 4. The Hall–Kier alpha value is -1.84. The van der Waals surface area contributed by atoms with Gasteiger partial charge in [0.05, 0.1) is 17.8 Å². The fraction of sp³-hybridized carbons (Fsp3) is 0.312. The number of alkyl halides is 1. The van der Waals surface area contributed by atoms with Crippen LogP contribution in [-0.2, 0) is 5.88 Å². The predicted molar refractivity (Wildman–Crippen MR) is 104 cm³/mol. The van der Waals surface area contributed by atoms with Crippen molar-refractivity contribution in [2.24, 2.45) is 0 Å². The monoisotopic (exact) mass is 409 g/mol. The number of hydrogen-bond donors (Lipinski definition) is 0. The molecule has 136 valence electrons. The summed E-state index contributed by atoms with van der Waals surface area (Å²) in [6, 6.07) is 5.41. The third-order valence-electron chi connectivity index (χ3n) is 3.68. The highest BCUT2D eigenvalue weighted by Crippen LogP contribution is 2.30. The van der Waals surface area contributed by atoms with Crippen LogP contribution < -0.4 is 0 Å². The standard InChI is InChI=1S/C16H16ClN5O2S2/c1-11-12(10-17)18-7-5-13(11)25-8-3-9-26-15-16(22(23)24)21-14(20-15)4-2-6-19-21/h2,4-7H,3,8-10H2,1H3. The lowest BCUT2D eigenvalue weighted by molar-refractivity contribution is -0.394. The molecule has 0 aromatic carbocycles. The van der Waals surface area contributed by atoms with Crippen LogP contribution in [0.1, 0.15) is 17.7 Å². The molecule has 3 rings (SSSR count). The van der Waals surface area contributed by atoms with Gasteiger partial charge in [-0.1, -0.05) is 21.4 Å². The number of halogens is 1. The van der Waals surface area contributed by atoms with E-state index in [4.69, 9.17) is 11.6 Å². The first-order chi connectivity index (χ1) is 12.6. The molecule has 3 aromatic rings. The Morgan fingerprint density at radius 2 is 2.08 bits per heavy atom. The molecule has 7 nitrogen and oxygen atoms in total. The van der Waals surface area contributed by atoms with Crippen LogP contribution in [0, 0.1) is 17.0 Å². The summed E-state index contributed by atoms with van der Waals surface area (Å²) in [6.07, 6.45) is 4.18. The molecule has 0 atom stereocenters. The first kappa shape index (κ1) is 18.9. The van der Waals surface area contributed by atoms with Gasteiger partial charge in [0.15, 0.2) is 5.03 Å². The molecule has 0 saturated heterocycles. The van der Waals surface area contributed by atoms with E-state index in [0.29, 0.717) is 16.6 Å². The van der Waals surface area contributed by atoms with Gasteiger partial charge in [-0.25, -0.2) is 0 Å². The largest absolute Gasteiger partial charge is 0.382 e. The first-order valence-electron chi connectivity index (χ1n) is 7.86. The number of hydrogen-bond acceptors (Lipinski definition) is 7. The highest BCUT2D eigenvalue weighted by atomic mass is 35.5. The number of rotatable bonds is 8. The number of fused-ring (bicyclic) bond motifs is 1. The zero-order chi connectivity index (χ0) is 18.5. The molecule has 0 spiro atoms. The second kappa shape index (κ2) is 8.70. The lowest BCUT2D eigenvalue weighted by atomic mass is 10.2. The highest BCUT2D eigenvalue weighted by Gasteiger charge is 2.23. The quantitative estimate of drug-likeness (QED) is 0.179. The normalized spacial score (nSPS) is 11.2. The van der Waals surface area contributed by atoms with E-state index in [1.54, 1.807) is 30.1 Å². The van der Waals surface area contributed by atoms with Gasteiger partial charge in [0.25, 0.3) is 0 Å². The fourth-order valence-electron chi connectivity index (χ4n) is 2.37. The predicted octanol–water partition coefficient (Wildman–Crippen LogP) is 4.35. The second-order valence-corrected chi connectivity index (χ2v) is 7.84. The van der Waals surface area contributed by atoms with Gasteiger partial charge < -0.3 is 10.1 Å². The Morgan fingerprint density at radius 3 is 2.85 bits per heavy atom. The Balaban J connectivity index is 1.58. The molecule has 0 bridgehead atoms. The maximum absolute atomic E-state index is 11.3. The van der Waals surface area contributed by atoms with E-state index in [1.807, 2.05) is 13.0 Å². The van der Waals surface area contributed by atoms with Gasteiger partial charge >= 0.3 is 5.82 Å². The van der Waals surface area contributed by atoms with Gasteiger partial charge in [-0.3, -0.25) is 4.98 Å². The van der Waals surface area contributed by atoms with Gasteiger partial charge in [-0.15, -0.1) is 23.4 Å². The van der Waals surface area contributed by atoms with Crippen LogP contribution in [0.4, 0.5) is 5.82 Å². The average Bonchev–Trinajstić information content (AvgIpc) is 3.01.